The van der Waals surface area contributed by atoms with Gasteiger partial charge in [-0.15, -0.1) is 11.3 Å². The Bertz CT molecular complexity index is 1090. The Morgan fingerprint density at radius 3 is 2.54 bits per heavy atom. The standard InChI is InChI=1S/C22H21ClN4S/c1-17-3-5-18(6-4-17)21-15-28-22(25-20-9-7-19(23)8-10-20)27(21)13-2-12-26-14-11-24-16-26/h3-11,14-16H,2,12-13H2,1H3. The van der Waals surface area contributed by atoms with Crippen LogP contribution in [0.25, 0.3) is 11.3 Å². The van der Waals surface area contributed by atoms with Crippen LogP contribution in [-0.4, -0.2) is 14.1 Å². The Kier molecular flexibility index (Phi) is 5.74. The summed E-state index contributed by atoms with van der Waals surface area (Å²) >= 11 is 7.67. The topological polar surface area (TPSA) is 35.1 Å². The molecule has 2 aromatic carbocycles. The number of nitrogens with zero attached hydrogens (tertiary/aromatic N) is 4. The van der Waals surface area contributed by atoms with Crippen LogP contribution in [-0.2, 0) is 13.1 Å². The van der Waals surface area contributed by atoms with E-state index < -0.39 is 0 Å². The molecule has 0 N–H and O–H groups in total. The smallest absolute Gasteiger partial charge is 0.190 e. The first-order valence-corrected chi connectivity index (χ1v) is 10.5. The molecule has 0 amide bonds. The molecule has 4 nitrogen and oxygen atoms in total. The Labute approximate surface area is 173 Å². The summed E-state index contributed by atoms with van der Waals surface area (Å²) in [4.78, 5) is 9.98. The number of benzene rings is 2. The van der Waals surface area contributed by atoms with Gasteiger partial charge in [-0.05, 0) is 43.2 Å². The number of imidazole rings is 1. The van der Waals surface area contributed by atoms with E-state index in [2.05, 4.69) is 50.7 Å². The molecular formula is C22H21ClN4S. The molecule has 0 saturated heterocycles. The number of hydrogen-bond donors (Lipinski definition) is 0. The Hall–Kier alpha value is -2.63. The van der Waals surface area contributed by atoms with E-state index in [9.17, 15) is 0 Å². The van der Waals surface area contributed by atoms with E-state index in [0.717, 1.165) is 35.0 Å². The van der Waals surface area contributed by atoms with Crippen molar-refractivity contribution in [2.24, 2.45) is 4.99 Å². The second-order valence-corrected chi connectivity index (χ2v) is 7.94. The average Bonchev–Trinajstić information content (AvgIpc) is 3.35. The number of hydrogen-bond acceptors (Lipinski definition) is 3. The van der Waals surface area contributed by atoms with Gasteiger partial charge in [0.25, 0.3) is 0 Å². The molecular weight excluding hydrogens is 388 g/mol. The molecule has 0 saturated carbocycles. The van der Waals surface area contributed by atoms with Gasteiger partial charge in [-0.3, -0.25) is 0 Å². The van der Waals surface area contributed by atoms with Gasteiger partial charge in [-0.2, -0.15) is 0 Å². The van der Waals surface area contributed by atoms with E-state index in [1.165, 1.54) is 16.8 Å². The average molecular weight is 409 g/mol. The number of halogens is 1. The van der Waals surface area contributed by atoms with Crippen molar-refractivity contribution in [3.05, 3.63) is 88.0 Å². The highest BCUT2D eigenvalue weighted by Crippen LogP contribution is 2.22. The van der Waals surface area contributed by atoms with Crippen molar-refractivity contribution >= 4 is 28.6 Å². The maximum Gasteiger partial charge on any atom is 0.190 e. The van der Waals surface area contributed by atoms with Gasteiger partial charge in [-0.25, -0.2) is 9.98 Å². The summed E-state index contributed by atoms with van der Waals surface area (Å²) in [5, 5.41) is 2.91. The van der Waals surface area contributed by atoms with Gasteiger partial charge < -0.3 is 9.13 Å². The third-order valence-electron chi connectivity index (χ3n) is 4.55. The van der Waals surface area contributed by atoms with Crippen LogP contribution in [0.2, 0.25) is 5.02 Å². The lowest BCUT2D eigenvalue weighted by molar-refractivity contribution is 0.559. The molecule has 4 rings (SSSR count). The van der Waals surface area contributed by atoms with E-state index in [0.29, 0.717) is 0 Å². The van der Waals surface area contributed by atoms with Crippen LogP contribution < -0.4 is 4.80 Å². The molecule has 0 aliphatic carbocycles. The number of rotatable bonds is 6. The van der Waals surface area contributed by atoms with Crippen molar-refractivity contribution in [1.29, 1.82) is 0 Å². The Morgan fingerprint density at radius 2 is 1.82 bits per heavy atom. The van der Waals surface area contributed by atoms with Crippen LogP contribution >= 0.6 is 22.9 Å². The van der Waals surface area contributed by atoms with Crippen molar-refractivity contribution < 1.29 is 0 Å². The van der Waals surface area contributed by atoms with Crippen molar-refractivity contribution in [1.82, 2.24) is 14.1 Å². The van der Waals surface area contributed by atoms with Crippen molar-refractivity contribution in [2.75, 3.05) is 0 Å². The van der Waals surface area contributed by atoms with Crippen LogP contribution in [0.1, 0.15) is 12.0 Å². The zero-order valence-electron chi connectivity index (χ0n) is 15.6. The van der Waals surface area contributed by atoms with Gasteiger partial charge in [-0.1, -0.05) is 41.4 Å². The van der Waals surface area contributed by atoms with Crippen LogP contribution in [0.4, 0.5) is 5.69 Å². The highest BCUT2D eigenvalue weighted by atomic mass is 35.5. The van der Waals surface area contributed by atoms with Crippen LogP contribution in [0, 0.1) is 6.92 Å². The van der Waals surface area contributed by atoms with Gasteiger partial charge in [0.1, 0.15) is 0 Å². The largest absolute Gasteiger partial charge is 0.337 e. The molecule has 6 heteroatoms. The van der Waals surface area contributed by atoms with Crippen molar-refractivity contribution in [2.45, 2.75) is 26.4 Å². The number of aryl methyl sites for hydroxylation is 2. The van der Waals surface area contributed by atoms with E-state index in [1.54, 1.807) is 11.3 Å². The monoisotopic (exact) mass is 408 g/mol. The molecule has 142 valence electrons. The minimum Gasteiger partial charge on any atom is -0.337 e. The fourth-order valence-corrected chi connectivity index (χ4v) is 4.13. The lowest BCUT2D eigenvalue weighted by Crippen LogP contribution is -2.17. The summed E-state index contributed by atoms with van der Waals surface area (Å²) < 4.78 is 4.41. The van der Waals surface area contributed by atoms with Crippen molar-refractivity contribution in [3.63, 3.8) is 0 Å². The molecule has 0 radical (unpaired) electrons. The van der Waals surface area contributed by atoms with Crippen LogP contribution in [0.15, 0.2) is 77.6 Å². The van der Waals surface area contributed by atoms with E-state index >= 15 is 0 Å². The third kappa shape index (κ3) is 4.43. The molecule has 2 aromatic heterocycles. The molecule has 0 unspecified atom stereocenters. The molecule has 0 aliphatic rings. The predicted molar refractivity (Wildman–Crippen MR) is 116 cm³/mol. The molecule has 0 bridgehead atoms. The number of aromatic nitrogens is 3. The first-order valence-electron chi connectivity index (χ1n) is 9.20. The quantitative estimate of drug-likeness (QED) is 0.403. The second kappa shape index (κ2) is 8.59. The Morgan fingerprint density at radius 1 is 1.04 bits per heavy atom. The molecule has 4 aromatic rings. The molecule has 0 aliphatic heterocycles. The molecule has 2 heterocycles. The molecule has 0 atom stereocenters. The van der Waals surface area contributed by atoms with Gasteiger partial charge in [0.05, 0.1) is 17.7 Å². The molecule has 28 heavy (non-hydrogen) atoms. The second-order valence-electron chi connectivity index (χ2n) is 6.66. The lowest BCUT2D eigenvalue weighted by Gasteiger charge is -2.10. The zero-order valence-corrected chi connectivity index (χ0v) is 17.2. The van der Waals surface area contributed by atoms with Crippen molar-refractivity contribution in [3.8, 4) is 11.3 Å². The van der Waals surface area contributed by atoms with E-state index in [4.69, 9.17) is 16.6 Å². The molecule has 0 fully saturated rings. The Balaban J connectivity index is 1.68. The SMILES string of the molecule is Cc1ccc(-c2csc(=Nc3ccc(Cl)cc3)n2CCCn2ccnc2)cc1. The van der Waals surface area contributed by atoms with Crippen LogP contribution in [0.3, 0.4) is 0 Å². The summed E-state index contributed by atoms with van der Waals surface area (Å²) in [7, 11) is 0. The lowest BCUT2D eigenvalue weighted by atomic mass is 10.1. The first kappa shape index (κ1) is 18.7. The first-order chi connectivity index (χ1) is 13.7. The fourth-order valence-electron chi connectivity index (χ4n) is 3.05. The van der Waals surface area contributed by atoms with E-state index in [-0.39, 0.29) is 0 Å². The predicted octanol–water partition coefficient (Wildman–Crippen LogP) is 5.70. The fraction of sp³-hybridized carbons (Fsp3) is 0.182. The summed E-state index contributed by atoms with van der Waals surface area (Å²) in [6.45, 7) is 3.92. The number of thiazole rings is 1. The summed E-state index contributed by atoms with van der Waals surface area (Å²) in [5.74, 6) is 0. The third-order valence-corrected chi connectivity index (χ3v) is 5.67. The normalized spacial score (nSPS) is 11.9. The summed E-state index contributed by atoms with van der Waals surface area (Å²) in [5.41, 5.74) is 4.58. The highest BCUT2D eigenvalue weighted by Gasteiger charge is 2.08. The zero-order chi connectivity index (χ0) is 19.3. The maximum absolute atomic E-state index is 6.01. The molecule has 0 spiro atoms. The van der Waals surface area contributed by atoms with E-state index in [1.807, 2.05) is 43.0 Å². The highest BCUT2D eigenvalue weighted by molar-refractivity contribution is 7.07. The van der Waals surface area contributed by atoms with Gasteiger partial charge in [0.2, 0.25) is 0 Å². The minimum absolute atomic E-state index is 0.721. The summed E-state index contributed by atoms with van der Waals surface area (Å²) in [6, 6.07) is 16.3. The van der Waals surface area contributed by atoms with Gasteiger partial charge in [0.15, 0.2) is 4.80 Å². The van der Waals surface area contributed by atoms with Crippen LogP contribution in [0.5, 0.6) is 0 Å². The van der Waals surface area contributed by atoms with Gasteiger partial charge >= 0.3 is 0 Å². The summed E-state index contributed by atoms with van der Waals surface area (Å²) in [6.07, 6.45) is 6.67. The van der Waals surface area contributed by atoms with Gasteiger partial charge in [0, 0.05) is 35.9 Å². The maximum atomic E-state index is 6.01. The minimum atomic E-state index is 0.721.